The minimum absolute atomic E-state index is 0.114. The number of nitrogens with zero attached hydrogens (tertiary/aromatic N) is 2. The number of carbonyl (C=O) groups is 6. The standard InChI is InChI=1S/C50H85N7O18/c1-27(2)69-40(61)52-21-17-20-51-23-28-18-19-29(54-41(62)72-45(3,4)5)35(70-28)32-30(55-42(63)73-46(6,7)8)22-31(53-39(60)50(67)24-57(25-50)44(65)75-48(12,13)14)36(33(32)58)71-38-34(59)37(49(15,66)26-68-38)56(16)43(64)74-47(9,10)11/h18,29-38,51,58-59,66-67H,1,17,19-26H2,2-16H3,(H,52,61)(H,53,60)(H,54,62)(H,55,63)/t29-,30+,31-,32-,33+,34-,35?,36+,37-,38-,49+/m1/s1. The molecule has 6 amide bonds. The first-order valence-electron chi connectivity index (χ1n) is 25.3. The van der Waals surface area contributed by atoms with Gasteiger partial charge < -0.3 is 94.7 Å². The summed E-state index contributed by atoms with van der Waals surface area (Å²) < 4.78 is 46.4. The van der Waals surface area contributed by atoms with Crippen molar-refractivity contribution in [3.05, 3.63) is 24.2 Å². The smallest absolute Gasteiger partial charge is 0.412 e. The number of hydrogen-bond donors (Lipinski definition) is 9. The molecule has 0 bridgehead atoms. The van der Waals surface area contributed by atoms with Gasteiger partial charge >= 0.3 is 30.5 Å². The van der Waals surface area contributed by atoms with Crippen molar-refractivity contribution < 1.29 is 87.1 Å². The lowest BCUT2D eigenvalue weighted by atomic mass is 9.72. The van der Waals surface area contributed by atoms with Crippen molar-refractivity contribution >= 4 is 36.4 Å². The van der Waals surface area contributed by atoms with Crippen molar-refractivity contribution in [1.29, 1.82) is 0 Å². The third kappa shape index (κ3) is 18.5. The lowest BCUT2D eigenvalue weighted by Crippen LogP contribution is -2.74. The van der Waals surface area contributed by atoms with E-state index in [4.69, 9.17) is 37.9 Å². The number of aliphatic hydroxyl groups excluding tert-OH is 2. The summed E-state index contributed by atoms with van der Waals surface area (Å²) in [6.45, 7) is 25.7. The molecular weight excluding hydrogens is 987 g/mol. The van der Waals surface area contributed by atoms with E-state index in [0.717, 1.165) is 9.80 Å². The van der Waals surface area contributed by atoms with E-state index in [1.165, 1.54) is 14.0 Å². The lowest BCUT2D eigenvalue weighted by Gasteiger charge is -2.52. The molecule has 0 spiro atoms. The molecule has 1 unspecified atom stereocenters. The van der Waals surface area contributed by atoms with Crippen LogP contribution in [0.1, 0.15) is 116 Å². The number of alkyl carbamates (subject to hydrolysis) is 3. The molecule has 75 heavy (non-hydrogen) atoms. The number of carbonyl (C=O) groups excluding carboxylic acids is 6. The predicted octanol–water partition coefficient (Wildman–Crippen LogP) is 2.62. The van der Waals surface area contributed by atoms with Crippen molar-refractivity contribution in [2.24, 2.45) is 5.92 Å². The van der Waals surface area contributed by atoms with Crippen LogP contribution in [0.3, 0.4) is 0 Å². The molecule has 0 aromatic rings. The van der Waals surface area contributed by atoms with E-state index >= 15 is 0 Å². The fourth-order valence-electron chi connectivity index (χ4n) is 8.99. The van der Waals surface area contributed by atoms with Gasteiger partial charge in [-0.1, -0.05) is 6.58 Å². The highest BCUT2D eigenvalue weighted by atomic mass is 16.7. The molecule has 11 atom stereocenters. The third-order valence-electron chi connectivity index (χ3n) is 12.0. The average Bonchev–Trinajstić information content (AvgIpc) is 3.20. The number of nitrogens with one attached hydrogen (secondary N) is 5. The summed E-state index contributed by atoms with van der Waals surface area (Å²) in [4.78, 5) is 82.0. The van der Waals surface area contributed by atoms with Gasteiger partial charge in [-0.3, -0.25) is 4.79 Å². The van der Waals surface area contributed by atoms with E-state index in [1.807, 2.05) is 0 Å². The van der Waals surface area contributed by atoms with Crippen LogP contribution in [-0.4, -0.2) is 201 Å². The first-order chi connectivity index (χ1) is 34.3. The van der Waals surface area contributed by atoms with Gasteiger partial charge in [-0.05, 0) is 129 Å². The van der Waals surface area contributed by atoms with Gasteiger partial charge in [0.1, 0.15) is 52.1 Å². The third-order valence-corrected chi connectivity index (χ3v) is 12.0. The van der Waals surface area contributed by atoms with Crippen molar-refractivity contribution in [3.63, 3.8) is 0 Å². The van der Waals surface area contributed by atoms with E-state index < -0.39 is 150 Å². The Kier molecular flexibility index (Phi) is 20.3. The zero-order chi connectivity index (χ0) is 56.8. The highest BCUT2D eigenvalue weighted by Crippen LogP contribution is 2.39. The second kappa shape index (κ2) is 24.4. The molecule has 4 rings (SSSR count). The summed E-state index contributed by atoms with van der Waals surface area (Å²) in [6.07, 6.45) is -10.3. The molecule has 25 nitrogen and oxygen atoms in total. The van der Waals surface area contributed by atoms with E-state index in [1.54, 1.807) is 96.1 Å². The van der Waals surface area contributed by atoms with Gasteiger partial charge in [0.2, 0.25) is 0 Å². The second-order valence-electron chi connectivity index (χ2n) is 24.0. The van der Waals surface area contributed by atoms with Crippen LogP contribution < -0.4 is 26.6 Å². The quantitative estimate of drug-likeness (QED) is 0.0647. The number of amides is 6. The molecule has 3 fully saturated rings. The fourth-order valence-corrected chi connectivity index (χ4v) is 8.99. The molecule has 4 aliphatic rings. The van der Waals surface area contributed by atoms with Gasteiger partial charge in [-0.2, -0.15) is 0 Å². The Morgan fingerprint density at radius 1 is 0.787 bits per heavy atom. The van der Waals surface area contributed by atoms with Gasteiger partial charge in [-0.15, -0.1) is 0 Å². The molecule has 428 valence electrons. The predicted molar refractivity (Wildman–Crippen MR) is 269 cm³/mol. The Balaban J connectivity index is 1.78. The van der Waals surface area contributed by atoms with Crippen LogP contribution in [0, 0.1) is 5.92 Å². The molecule has 2 saturated heterocycles. The zero-order valence-corrected chi connectivity index (χ0v) is 46.3. The Morgan fingerprint density at radius 3 is 1.89 bits per heavy atom. The average molecular weight is 1070 g/mol. The Labute approximate surface area is 440 Å². The summed E-state index contributed by atoms with van der Waals surface area (Å²) in [5, 5.41) is 62.5. The fraction of sp³-hybridized carbons (Fsp3) is 0.800. The van der Waals surface area contributed by atoms with Gasteiger partial charge in [-0.25, -0.2) is 24.0 Å². The normalized spacial score (nSPS) is 28.9. The number of hydrogen-bond acceptors (Lipinski definition) is 19. The molecule has 25 heteroatoms. The second-order valence-corrected chi connectivity index (χ2v) is 24.0. The summed E-state index contributed by atoms with van der Waals surface area (Å²) >= 11 is 0. The van der Waals surface area contributed by atoms with E-state index in [0.29, 0.717) is 18.7 Å². The first-order valence-corrected chi connectivity index (χ1v) is 25.3. The molecule has 0 radical (unpaired) electrons. The minimum atomic E-state index is -2.16. The van der Waals surface area contributed by atoms with Crippen LogP contribution in [-0.2, 0) is 42.7 Å². The maximum Gasteiger partial charge on any atom is 0.412 e. The Hall–Kier alpha value is -5.18. The van der Waals surface area contributed by atoms with Crippen LogP contribution in [0.15, 0.2) is 24.2 Å². The van der Waals surface area contributed by atoms with Gasteiger partial charge in [0.25, 0.3) is 5.91 Å². The summed E-state index contributed by atoms with van der Waals surface area (Å²) in [6, 6.07) is -4.95. The number of rotatable bonds is 15. The molecular formula is C50H85N7O18. The molecule has 0 aromatic carbocycles. The van der Waals surface area contributed by atoms with Crippen molar-refractivity contribution in [2.45, 2.75) is 205 Å². The molecule has 9 N–H and O–H groups in total. The van der Waals surface area contributed by atoms with E-state index in [2.05, 4.69) is 33.2 Å². The van der Waals surface area contributed by atoms with Crippen molar-refractivity contribution in [1.82, 2.24) is 36.4 Å². The SMILES string of the molecule is C=C(C)OC(=O)NCCCNCC1=CC[C@@H](NC(=O)OC(C)(C)C)C([C@H]2[C@H](O)[C@@H](O[C@H]3OC[C@](C)(O)[C@H](N(C)C(=O)OC(C)(C)C)[C@H]3O)[C@H](NC(=O)C3(O)CN(C(=O)OC(C)(C)C)C3)C[C@@H]2NC(=O)OC(C)(C)C)O1. The number of allylic oxidation sites excluding steroid dienone is 1. The molecule has 0 aromatic heterocycles. The van der Waals surface area contributed by atoms with Gasteiger partial charge in [0.05, 0.1) is 56.2 Å². The summed E-state index contributed by atoms with van der Waals surface area (Å²) in [5.74, 6) is -1.66. The van der Waals surface area contributed by atoms with Crippen LogP contribution in [0.2, 0.25) is 0 Å². The Morgan fingerprint density at radius 2 is 1.35 bits per heavy atom. The monoisotopic (exact) mass is 1070 g/mol. The van der Waals surface area contributed by atoms with Crippen LogP contribution in [0.25, 0.3) is 0 Å². The highest BCUT2D eigenvalue weighted by molar-refractivity contribution is 5.89. The van der Waals surface area contributed by atoms with Crippen LogP contribution >= 0.6 is 0 Å². The van der Waals surface area contributed by atoms with Crippen LogP contribution in [0.5, 0.6) is 0 Å². The minimum Gasteiger partial charge on any atom is -0.491 e. The van der Waals surface area contributed by atoms with E-state index in [9.17, 15) is 49.2 Å². The number of β-amino-alcohol motifs (C(OH)–C–C–N with tert-alkyl or cyclic N) is 1. The molecule has 1 saturated carbocycles. The lowest BCUT2D eigenvalue weighted by molar-refractivity contribution is -0.306. The number of ether oxygens (including phenoxy) is 8. The largest absolute Gasteiger partial charge is 0.491 e. The molecule has 1 aliphatic carbocycles. The van der Waals surface area contributed by atoms with Gasteiger partial charge in [0, 0.05) is 25.6 Å². The number of aliphatic hydroxyl groups is 4. The van der Waals surface area contributed by atoms with Gasteiger partial charge in [0.15, 0.2) is 11.9 Å². The maximum atomic E-state index is 14.3. The summed E-state index contributed by atoms with van der Waals surface area (Å²) in [5.41, 5.74) is -7.83. The summed E-state index contributed by atoms with van der Waals surface area (Å²) in [7, 11) is 1.32. The highest BCUT2D eigenvalue weighted by Gasteiger charge is 2.58. The zero-order valence-electron chi connectivity index (χ0n) is 46.3. The number of likely N-dealkylation sites (tertiary alicyclic amines) is 1. The maximum absolute atomic E-state index is 14.3. The van der Waals surface area contributed by atoms with Crippen LogP contribution in [0.4, 0.5) is 24.0 Å². The Bertz CT molecular complexity index is 2070. The number of likely N-dealkylation sites (N-methyl/N-ethyl adjacent to an activating group) is 1. The van der Waals surface area contributed by atoms with Crippen molar-refractivity contribution in [3.8, 4) is 0 Å². The topological polar surface area (TPSA) is 324 Å². The molecule has 3 aliphatic heterocycles. The first kappa shape index (κ1) is 62.4. The van der Waals surface area contributed by atoms with E-state index in [-0.39, 0.29) is 31.7 Å². The van der Waals surface area contributed by atoms with Crippen molar-refractivity contribution in [2.75, 3.05) is 46.4 Å². The molecule has 3 heterocycles.